The molecule has 1 amide bonds. The summed E-state index contributed by atoms with van der Waals surface area (Å²) >= 11 is 0. The Morgan fingerprint density at radius 1 is 1.00 bits per heavy atom. The van der Waals surface area contributed by atoms with Gasteiger partial charge in [-0.1, -0.05) is 31.1 Å². The fourth-order valence-corrected chi connectivity index (χ4v) is 2.85. The fourth-order valence-electron chi connectivity index (χ4n) is 2.85. The highest BCUT2D eigenvalue weighted by Gasteiger charge is 2.13. The van der Waals surface area contributed by atoms with E-state index in [2.05, 4.69) is 39.9 Å². The number of aliphatic imine (C=N–C) groups is 1. The molecule has 0 aliphatic carbocycles. The average molecular weight is 386 g/mol. The minimum absolute atomic E-state index is 0.0558. The van der Waals surface area contributed by atoms with Crippen molar-refractivity contribution in [3.63, 3.8) is 0 Å². The summed E-state index contributed by atoms with van der Waals surface area (Å²) in [6, 6.07) is 7.52. The monoisotopic (exact) mass is 385 g/mol. The maximum Gasteiger partial charge on any atom is 0.251 e. The second-order valence-electron chi connectivity index (χ2n) is 6.34. The zero-order valence-electron chi connectivity index (χ0n) is 17.3. The number of nitrogens with one attached hydrogen (secondary N) is 3. The van der Waals surface area contributed by atoms with Crippen molar-refractivity contribution in [3.8, 4) is 0 Å². The van der Waals surface area contributed by atoms with Crippen LogP contribution in [0.2, 0.25) is 0 Å². The van der Waals surface area contributed by atoms with Gasteiger partial charge in [0.2, 0.25) is 0 Å². The minimum Gasteiger partial charge on any atom is -0.361 e. The first kappa shape index (κ1) is 21.5. The Morgan fingerprint density at radius 3 is 2.32 bits per heavy atom. The molecule has 0 saturated heterocycles. The van der Waals surface area contributed by atoms with Crippen LogP contribution in [-0.4, -0.2) is 30.1 Å². The Morgan fingerprint density at radius 2 is 1.71 bits per heavy atom. The number of hydrogen-bond donors (Lipinski definition) is 3. The number of carbonyl (C=O) groups is 1. The van der Waals surface area contributed by atoms with Gasteiger partial charge in [0.15, 0.2) is 5.96 Å². The molecule has 2 aromatic rings. The summed E-state index contributed by atoms with van der Waals surface area (Å²) in [6.07, 6.45) is 1.65. The van der Waals surface area contributed by atoms with E-state index in [0.717, 1.165) is 47.9 Å². The van der Waals surface area contributed by atoms with Crippen LogP contribution in [0.25, 0.3) is 0 Å². The third-order valence-corrected chi connectivity index (χ3v) is 4.36. The molecule has 1 aromatic heterocycles. The first-order valence-electron chi connectivity index (χ1n) is 9.98. The van der Waals surface area contributed by atoms with Crippen molar-refractivity contribution >= 4 is 11.9 Å². The van der Waals surface area contributed by atoms with Crippen molar-refractivity contribution in [2.24, 2.45) is 4.99 Å². The van der Waals surface area contributed by atoms with Crippen LogP contribution >= 0.6 is 0 Å². The summed E-state index contributed by atoms with van der Waals surface area (Å²) in [5, 5.41) is 13.6. The predicted octanol–water partition coefficient (Wildman–Crippen LogP) is 2.80. The van der Waals surface area contributed by atoms with Crippen LogP contribution in [-0.2, 0) is 25.9 Å². The molecule has 0 bridgehead atoms. The quantitative estimate of drug-likeness (QED) is 0.456. The van der Waals surface area contributed by atoms with Crippen LogP contribution < -0.4 is 16.0 Å². The highest BCUT2D eigenvalue weighted by molar-refractivity contribution is 5.94. The second-order valence-corrected chi connectivity index (χ2v) is 6.34. The molecule has 7 nitrogen and oxygen atoms in total. The van der Waals surface area contributed by atoms with Crippen molar-refractivity contribution in [1.29, 1.82) is 0 Å². The number of nitrogens with zero attached hydrogens (tertiary/aromatic N) is 2. The number of amides is 1. The molecule has 2 rings (SSSR count). The summed E-state index contributed by atoms with van der Waals surface area (Å²) in [5.74, 6) is 1.60. The van der Waals surface area contributed by atoms with Gasteiger partial charge in [0, 0.05) is 37.2 Å². The van der Waals surface area contributed by atoms with Crippen LogP contribution in [0.4, 0.5) is 0 Å². The molecular formula is C21H31N5O2. The Balaban J connectivity index is 2.02. The van der Waals surface area contributed by atoms with Crippen molar-refractivity contribution in [3.05, 3.63) is 52.4 Å². The van der Waals surface area contributed by atoms with Gasteiger partial charge in [0.1, 0.15) is 5.76 Å². The minimum atomic E-state index is -0.0558. The number of hydrogen-bond acceptors (Lipinski definition) is 4. The Labute approximate surface area is 167 Å². The molecule has 3 N–H and O–H groups in total. The molecule has 0 fully saturated rings. The van der Waals surface area contributed by atoms with Gasteiger partial charge in [-0.15, -0.1) is 0 Å². The summed E-state index contributed by atoms with van der Waals surface area (Å²) in [7, 11) is 0. The van der Waals surface area contributed by atoms with Crippen molar-refractivity contribution in [2.75, 3.05) is 13.1 Å². The Hall–Kier alpha value is -2.83. The van der Waals surface area contributed by atoms with E-state index in [1.54, 1.807) is 0 Å². The van der Waals surface area contributed by atoms with Crippen molar-refractivity contribution in [1.82, 2.24) is 21.1 Å². The molecule has 0 radical (unpaired) electrons. The van der Waals surface area contributed by atoms with Gasteiger partial charge < -0.3 is 20.5 Å². The number of rotatable bonds is 9. The normalized spacial score (nSPS) is 11.4. The summed E-state index contributed by atoms with van der Waals surface area (Å²) in [6.45, 7) is 10.6. The largest absolute Gasteiger partial charge is 0.361 e. The van der Waals surface area contributed by atoms with E-state index in [-0.39, 0.29) is 5.91 Å². The number of carbonyl (C=O) groups excluding carboxylic acids is 1. The smallest absolute Gasteiger partial charge is 0.251 e. The van der Waals surface area contributed by atoms with Gasteiger partial charge in [0.25, 0.3) is 5.91 Å². The van der Waals surface area contributed by atoms with E-state index in [1.807, 2.05) is 38.1 Å². The van der Waals surface area contributed by atoms with E-state index < -0.39 is 0 Å². The summed E-state index contributed by atoms with van der Waals surface area (Å²) < 4.78 is 5.42. The third kappa shape index (κ3) is 5.84. The third-order valence-electron chi connectivity index (χ3n) is 4.36. The molecule has 0 saturated carbocycles. The first-order valence-corrected chi connectivity index (χ1v) is 9.98. The molecule has 0 spiro atoms. The van der Waals surface area contributed by atoms with Crippen LogP contribution in [0.3, 0.4) is 0 Å². The SMILES string of the molecule is CCNC(=O)c1ccc(CN=C(NCC)NCc2c(CC)noc2CC)cc1. The standard InChI is InChI=1S/C21H31N5O2/c1-5-18-17(19(6-2)28-26-18)14-25-21(23-8-4)24-13-15-9-11-16(12-10-15)20(27)22-7-3/h9-12H,5-8,13-14H2,1-4H3,(H,22,27)(H2,23,24,25). The van der Waals surface area contributed by atoms with E-state index in [1.165, 1.54) is 0 Å². The average Bonchev–Trinajstić information content (AvgIpc) is 3.12. The van der Waals surface area contributed by atoms with Gasteiger partial charge in [-0.05, 0) is 38.0 Å². The van der Waals surface area contributed by atoms with E-state index in [0.29, 0.717) is 25.2 Å². The number of aryl methyl sites for hydroxylation is 2. The fraction of sp³-hybridized carbons (Fsp3) is 0.476. The highest BCUT2D eigenvalue weighted by atomic mass is 16.5. The molecule has 1 heterocycles. The van der Waals surface area contributed by atoms with Crippen LogP contribution in [0.5, 0.6) is 0 Å². The van der Waals surface area contributed by atoms with Gasteiger partial charge in [-0.2, -0.15) is 0 Å². The summed E-state index contributed by atoms with van der Waals surface area (Å²) in [4.78, 5) is 16.5. The van der Waals surface area contributed by atoms with Gasteiger partial charge >= 0.3 is 0 Å². The first-order chi connectivity index (χ1) is 13.6. The summed E-state index contributed by atoms with van der Waals surface area (Å²) in [5.41, 5.74) is 3.80. The zero-order valence-corrected chi connectivity index (χ0v) is 17.3. The van der Waals surface area contributed by atoms with Crippen LogP contribution in [0.15, 0.2) is 33.8 Å². The molecule has 0 atom stereocenters. The van der Waals surface area contributed by atoms with E-state index in [9.17, 15) is 4.79 Å². The van der Waals surface area contributed by atoms with Crippen LogP contribution in [0, 0.1) is 0 Å². The van der Waals surface area contributed by atoms with Crippen molar-refractivity contribution in [2.45, 2.75) is 53.6 Å². The maximum atomic E-state index is 11.8. The molecule has 28 heavy (non-hydrogen) atoms. The van der Waals surface area contributed by atoms with Crippen LogP contribution in [0.1, 0.15) is 60.6 Å². The lowest BCUT2D eigenvalue weighted by atomic mass is 10.1. The van der Waals surface area contributed by atoms with Crippen molar-refractivity contribution < 1.29 is 9.32 Å². The lowest BCUT2D eigenvalue weighted by molar-refractivity contribution is 0.0956. The highest BCUT2D eigenvalue weighted by Crippen LogP contribution is 2.15. The van der Waals surface area contributed by atoms with E-state index in [4.69, 9.17) is 4.52 Å². The molecule has 0 unspecified atom stereocenters. The number of benzene rings is 1. The molecule has 0 aliphatic heterocycles. The number of aromatic nitrogens is 1. The molecule has 0 aliphatic rings. The lowest BCUT2D eigenvalue weighted by Gasteiger charge is -2.12. The zero-order chi connectivity index (χ0) is 20.4. The Bertz CT molecular complexity index is 759. The molecule has 1 aromatic carbocycles. The molecule has 7 heteroatoms. The Kier molecular flexibility index (Phi) is 8.52. The van der Waals surface area contributed by atoms with Gasteiger partial charge in [-0.3, -0.25) is 4.79 Å². The second kappa shape index (κ2) is 11.1. The predicted molar refractivity (Wildman–Crippen MR) is 111 cm³/mol. The topological polar surface area (TPSA) is 91.5 Å². The van der Waals surface area contributed by atoms with Gasteiger partial charge in [0.05, 0.1) is 12.2 Å². The maximum absolute atomic E-state index is 11.8. The van der Waals surface area contributed by atoms with Gasteiger partial charge in [-0.25, -0.2) is 4.99 Å². The van der Waals surface area contributed by atoms with E-state index >= 15 is 0 Å². The lowest BCUT2D eigenvalue weighted by Crippen LogP contribution is -2.37. The molecule has 152 valence electrons. The molecular weight excluding hydrogens is 354 g/mol. The number of guanidine groups is 1.